The smallest absolute Gasteiger partial charge is 0.401 e. The van der Waals surface area contributed by atoms with Crippen LogP contribution in [0.5, 0.6) is 0 Å². The maximum Gasteiger partial charge on any atom is 0.506 e. The SMILES string of the molecule is CCC(C)=C(Cl)B1OC2CC(C(C)C)CCC2(C)O1. The van der Waals surface area contributed by atoms with Gasteiger partial charge in [-0.2, -0.15) is 0 Å². The second kappa shape index (κ2) is 5.79. The van der Waals surface area contributed by atoms with Crippen LogP contribution in [0.3, 0.4) is 0 Å². The van der Waals surface area contributed by atoms with Crippen molar-refractivity contribution in [3.8, 4) is 0 Å². The van der Waals surface area contributed by atoms with E-state index in [1.54, 1.807) is 0 Å². The first-order valence-electron chi connectivity index (χ1n) is 7.55. The summed E-state index contributed by atoms with van der Waals surface area (Å²) in [5.74, 6) is 1.46. The average Bonchev–Trinajstić information content (AvgIpc) is 2.72. The Labute approximate surface area is 123 Å². The molecule has 2 rings (SSSR count). The minimum absolute atomic E-state index is 0.149. The predicted molar refractivity (Wildman–Crippen MR) is 81.1 cm³/mol. The predicted octanol–water partition coefficient (Wildman–Crippen LogP) is 4.57. The van der Waals surface area contributed by atoms with Gasteiger partial charge in [0.25, 0.3) is 0 Å². The highest BCUT2D eigenvalue weighted by atomic mass is 35.5. The molecular formula is C15H26BClO2. The molecule has 3 unspecified atom stereocenters. The summed E-state index contributed by atoms with van der Waals surface area (Å²) in [6.07, 6.45) is 4.54. The van der Waals surface area contributed by atoms with Crippen LogP contribution in [0.4, 0.5) is 0 Å². The van der Waals surface area contributed by atoms with Crippen LogP contribution in [0.15, 0.2) is 10.5 Å². The lowest BCUT2D eigenvalue weighted by Gasteiger charge is -2.39. The third kappa shape index (κ3) is 3.04. The first kappa shape index (κ1) is 15.4. The summed E-state index contributed by atoms with van der Waals surface area (Å²) in [6.45, 7) is 10.9. The second-order valence-electron chi connectivity index (χ2n) is 6.65. The molecule has 2 nitrogen and oxygen atoms in total. The molecule has 0 aromatic carbocycles. The summed E-state index contributed by atoms with van der Waals surface area (Å²) in [4.78, 5) is 0.749. The fourth-order valence-electron chi connectivity index (χ4n) is 3.12. The van der Waals surface area contributed by atoms with E-state index < -0.39 is 0 Å². The van der Waals surface area contributed by atoms with Gasteiger partial charge in [-0.1, -0.05) is 37.9 Å². The van der Waals surface area contributed by atoms with Gasteiger partial charge >= 0.3 is 7.12 Å². The van der Waals surface area contributed by atoms with Gasteiger partial charge in [-0.25, -0.2) is 0 Å². The molecule has 1 saturated carbocycles. The summed E-state index contributed by atoms with van der Waals surface area (Å²) < 4.78 is 12.3. The van der Waals surface area contributed by atoms with Crippen molar-refractivity contribution in [1.82, 2.24) is 0 Å². The van der Waals surface area contributed by atoms with Crippen molar-refractivity contribution >= 4 is 18.7 Å². The van der Waals surface area contributed by atoms with E-state index in [0.717, 1.165) is 41.6 Å². The molecule has 0 amide bonds. The van der Waals surface area contributed by atoms with Gasteiger partial charge in [-0.05, 0) is 51.4 Å². The summed E-state index contributed by atoms with van der Waals surface area (Å²) in [5.41, 5.74) is 1.01. The zero-order valence-electron chi connectivity index (χ0n) is 12.8. The highest BCUT2D eigenvalue weighted by molar-refractivity contribution is 6.69. The van der Waals surface area contributed by atoms with E-state index in [2.05, 4.69) is 34.6 Å². The molecule has 2 fully saturated rings. The largest absolute Gasteiger partial charge is 0.506 e. The molecule has 0 aromatic rings. The van der Waals surface area contributed by atoms with E-state index in [-0.39, 0.29) is 18.8 Å². The Morgan fingerprint density at radius 1 is 1.47 bits per heavy atom. The maximum absolute atomic E-state index is 6.39. The lowest BCUT2D eigenvalue weighted by atomic mass is 9.73. The Morgan fingerprint density at radius 3 is 2.74 bits per heavy atom. The number of hydrogen-bond acceptors (Lipinski definition) is 2. The molecule has 1 aliphatic carbocycles. The van der Waals surface area contributed by atoms with Crippen LogP contribution in [0.1, 0.15) is 60.3 Å². The third-order valence-electron chi connectivity index (χ3n) is 4.96. The van der Waals surface area contributed by atoms with Crippen molar-refractivity contribution in [3.63, 3.8) is 0 Å². The Kier molecular flexibility index (Phi) is 4.69. The van der Waals surface area contributed by atoms with Crippen molar-refractivity contribution in [3.05, 3.63) is 10.5 Å². The molecule has 1 saturated heterocycles. The molecular weight excluding hydrogens is 258 g/mol. The van der Waals surface area contributed by atoms with E-state index in [4.69, 9.17) is 20.9 Å². The molecule has 0 radical (unpaired) electrons. The molecule has 108 valence electrons. The standard InChI is InChI=1S/C15H26BClO2/c1-6-11(4)14(17)16-18-13-9-12(10(2)3)7-8-15(13,5)19-16/h10,12-13H,6-9H2,1-5H3. The average molecular weight is 285 g/mol. The van der Waals surface area contributed by atoms with E-state index in [9.17, 15) is 0 Å². The molecule has 0 N–H and O–H groups in total. The fourth-order valence-corrected chi connectivity index (χ4v) is 3.35. The second-order valence-corrected chi connectivity index (χ2v) is 7.05. The van der Waals surface area contributed by atoms with E-state index >= 15 is 0 Å². The van der Waals surface area contributed by atoms with Crippen molar-refractivity contribution in [2.75, 3.05) is 0 Å². The molecule has 4 heteroatoms. The molecule has 3 atom stereocenters. The van der Waals surface area contributed by atoms with Gasteiger partial charge in [0.15, 0.2) is 0 Å². The lowest BCUT2D eigenvalue weighted by Crippen LogP contribution is -2.43. The molecule has 19 heavy (non-hydrogen) atoms. The number of rotatable bonds is 3. The topological polar surface area (TPSA) is 18.5 Å². The monoisotopic (exact) mass is 284 g/mol. The number of hydrogen-bond donors (Lipinski definition) is 0. The molecule has 0 aromatic heterocycles. The highest BCUT2D eigenvalue weighted by Crippen LogP contribution is 2.45. The molecule has 2 aliphatic rings. The highest BCUT2D eigenvalue weighted by Gasteiger charge is 2.52. The Balaban J connectivity index is 2.10. The molecule has 0 spiro atoms. The van der Waals surface area contributed by atoms with Crippen molar-refractivity contribution in [1.29, 1.82) is 0 Å². The fraction of sp³-hybridized carbons (Fsp3) is 0.867. The summed E-state index contributed by atoms with van der Waals surface area (Å²) in [6, 6.07) is 0. The zero-order valence-corrected chi connectivity index (χ0v) is 13.6. The quantitative estimate of drug-likeness (QED) is 0.707. The third-order valence-corrected chi connectivity index (χ3v) is 5.46. The van der Waals surface area contributed by atoms with Crippen LogP contribution >= 0.6 is 11.6 Å². The zero-order chi connectivity index (χ0) is 14.2. The molecule has 1 aliphatic heterocycles. The van der Waals surface area contributed by atoms with Crippen LogP contribution in [-0.2, 0) is 9.31 Å². The Morgan fingerprint density at radius 2 is 2.16 bits per heavy atom. The van der Waals surface area contributed by atoms with E-state index in [1.807, 2.05) is 0 Å². The molecule has 0 bridgehead atoms. The van der Waals surface area contributed by atoms with Crippen molar-refractivity contribution < 1.29 is 9.31 Å². The first-order valence-corrected chi connectivity index (χ1v) is 7.93. The Bertz CT molecular complexity index is 369. The number of halogens is 1. The summed E-state index contributed by atoms with van der Waals surface area (Å²) in [5, 5.41) is 0. The first-order chi connectivity index (χ1) is 8.87. The van der Waals surface area contributed by atoms with Gasteiger partial charge in [0.1, 0.15) is 0 Å². The normalized spacial score (nSPS) is 36.5. The van der Waals surface area contributed by atoms with Gasteiger partial charge in [0, 0.05) is 4.93 Å². The number of fused-ring (bicyclic) bond motifs is 1. The van der Waals surface area contributed by atoms with E-state index in [1.165, 1.54) is 6.42 Å². The van der Waals surface area contributed by atoms with Crippen LogP contribution in [0, 0.1) is 11.8 Å². The van der Waals surface area contributed by atoms with Crippen LogP contribution in [0.25, 0.3) is 0 Å². The number of allylic oxidation sites excluding steroid dienone is 1. The minimum atomic E-state index is -0.345. The maximum atomic E-state index is 6.39. The van der Waals surface area contributed by atoms with Gasteiger partial charge in [0.2, 0.25) is 0 Å². The lowest BCUT2D eigenvalue weighted by molar-refractivity contribution is -0.00952. The van der Waals surface area contributed by atoms with Crippen LogP contribution in [0.2, 0.25) is 0 Å². The van der Waals surface area contributed by atoms with Gasteiger partial charge in [0.05, 0.1) is 11.7 Å². The van der Waals surface area contributed by atoms with Crippen LogP contribution in [-0.4, -0.2) is 18.8 Å². The minimum Gasteiger partial charge on any atom is -0.401 e. The summed E-state index contributed by atoms with van der Waals surface area (Å²) in [7, 11) is -0.345. The van der Waals surface area contributed by atoms with Crippen LogP contribution < -0.4 is 0 Å². The van der Waals surface area contributed by atoms with Gasteiger partial charge < -0.3 is 9.31 Å². The summed E-state index contributed by atoms with van der Waals surface area (Å²) >= 11 is 6.39. The van der Waals surface area contributed by atoms with Gasteiger partial charge in [-0.15, -0.1) is 0 Å². The Hall–Kier alpha value is 0.0149. The molecule has 1 heterocycles. The van der Waals surface area contributed by atoms with Crippen molar-refractivity contribution in [2.45, 2.75) is 72.0 Å². The van der Waals surface area contributed by atoms with Gasteiger partial charge in [-0.3, -0.25) is 0 Å². The van der Waals surface area contributed by atoms with Crippen molar-refractivity contribution in [2.24, 2.45) is 11.8 Å². The van der Waals surface area contributed by atoms with E-state index in [0.29, 0.717) is 0 Å².